The van der Waals surface area contributed by atoms with E-state index in [4.69, 9.17) is 0 Å². The van der Waals surface area contributed by atoms with E-state index in [1.165, 1.54) is 11.3 Å². The Morgan fingerprint density at radius 2 is 2.21 bits per heavy atom. The van der Waals surface area contributed by atoms with Crippen molar-refractivity contribution in [3.63, 3.8) is 0 Å². The minimum Gasteiger partial charge on any atom is -0.391 e. The maximum Gasteiger partial charge on any atom is 0.321 e. The van der Waals surface area contributed by atoms with Crippen LogP contribution in [0.25, 0.3) is 0 Å². The predicted octanol–water partition coefficient (Wildman–Crippen LogP) is 2.62. The lowest BCUT2D eigenvalue weighted by atomic mass is 9.89. The molecule has 1 aromatic heterocycles. The molecular weight excluding hydrogens is 262 g/mol. The molecule has 1 atom stereocenters. The van der Waals surface area contributed by atoms with Crippen molar-refractivity contribution in [1.82, 2.24) is 10.3 Å². The highest BCUT2D eigenvalue weighted by atomic mass is 32.1. The Balaban J connectivity index is 2.38. The fourth-order valence-corrected chi connectivity index (χ4v) is 2.27. The number of rotatable bonds is 5. The second-order valence-electron chi connectivity index (χ2n) is 5.60. The largest absolute Gasteiger partial charge is 0.391 e. The highest BCUT2D eigenvalue weighted by molar-refractivity contribution is 7.15. The van der Waals surface area contributed by atoms with E-state index in [2.05, 4.69) is 22.5 Å². The molecule has 19 heavy (non-hydrogen) atoms. The van der Waals surface area contributed by atoms with Gasteiger partial charge in [0.05, 0.1) is 6.10 Å². The number of hydrogen-bond acceptors (Lipinski definition) is 4. The molecular formula is C13H23N3O2S. The maximum atomic E-state index is 11.6. The molecule has 5 nitrogen and oxygen atoms in total. The third kappa shape index (κ3) is 5.57. The Labute approximate surface area is 118 Å². The summed E-state index contributed by atoms with van der Waals surface area (Å²) in [5, 5.41) is 15.7. The van der Waals surface area contributed by atoms with Gasteiger partial charge in [-0.2, -0.15) is 0 Å². The zero-order valence-electron chi connectivity index (χ0n) is 12.0. The number of nitrogens with zero attached hydrogens (tertiary/aromatic N) is 1. The Morgan fingerprint density at radius 3 is 2.79 bits per heavy atom. The number of carbonyl (C=O) groups excluding carboxylic acids is 1. The molecule has 6 heteroatoms. The van der Waals surface area contributed by atoms with Crippen molar-refractivity contribution in [1.29, 1.82) is 0 Å². The van der Waals surface area contributed by atoms with Crippen LogP contribution in [0.5, 0.6) is 0 Å². The monoisotopic (exact) mass is 285 g/mol. The number of carbonyl (C=O) groups is 1. The van der Waals surface area contributed by atoms with Crippen molar-refractivity contribution in [2.45, 2.75) is 46.6 Å². The van der Waals surface area contributed by atoms with Gasteiger partial charge in [-0.25, -0.2) is 9.78 Å². The van der Waals surface area contributed by atoms with E-state index >= 15 is 0 Å². The lowest BCUT2D eigenvalue weighted by molar-refractivity contribution is 0.0654. The summed E-state index contributed by atoms with van der Waals surface area (Å²) in [6.07, 6.45) is 3.24. The molecule has 0 aromatic carbocycles. The summed E-state index contributed by atoms with van der Waals surface area (Å²) in [4.78, 5) is 16.9. The molecule has 0 fully saturated rings. The summed E-state index contributed by atoms with van der Waals surface area (Å²) in [5.41, 5.74) is -0.247. The number of aromatic nitrogens is 1. The van der Waals surface area contributed by atoms with Gasteiger partial charge >= 0.3 is 6.03 Å². The van der Waals surface area contributed by atoms with E-state index in [1.807, 2.05) is 20.8 Å². The van der Waals surface area contributed by atoms with Crippen molar-refractivity contribution in [3.05, 3.63) is 11.1 Å². The zero-order chi connectivity index (χ0) is 14.5. The van der Waals surface area contributed by atoms with E-state index in [1.54, 1.807) is 6.20 Å². The highest BCUT2D eigenvalue weighted by Crippen LogP contribution is 2.20. The summed E-state index contributed by atoms with van der Waals surface area (Å²) in [6, 6.07) is -0.333. The zero-order valence-corrected chi connectivity index (χ0v) is 12.8. The number of anilines is 1. The average molecular weight is 285 g/mol. The number of nitrogens with one attached hydrogen (secondary N) is 2. The molecule has 108 valence electrons. The third-order valence-corrected chi connectivity index (χ3v) is 3.70. The van der Waals surface area contributed by atoms with Gasteiger partial charge in [0, 0.05) is 17.6 Å². The average Bonchev–Trinajstić information content (AvgIpc) is 2.72. The molecule has 1 rings (SSSR count). The van der Waals surface area contributed by atoms with Gasteiger partial charge in [-0.05, 0) is 11.8 Å². The maximum absolute atomic E-state index is 11.6. The molecule has 0 aliphatic heterocycles. The molecule has 0 aliphatic carbocycles. The summed E-state index contributed by atoms with van der Waals surface area (Å²) in [5.74, 6) is 0. The summed E-state index contributed by atoms with van der Waals surface area (Å²) >= 11 is 1.48. The van der Waals surface area contributed by atoms with Gasteiger partial charge < -0.3 is 10.4 Å². The minimum absolute atomic E-state index is 0.225. The summed E-state index contributed by atoms with van der Waals surface area (Å²) in [7, 11) is 0. The highest BCUT2D eigenvalue weighted by Gasteiger charge is 2.22. The van der Waals surface area contributed by atoms with Crippen LogP contribution in [-0.4, -0.2) is 28.8 Å². The van der Waals surface area contributed by atoms with Crippen LogP contribution in [0.4, 0.5) is 9.93 Å². The second kappa shape index (κ2) is 6.86. The molecule has 0 spiro atoms. The van der Waals surface area contributed by atoms with Crippen LogP contribution in [0.1, 0.15) is 39.0 Å². The molecule has 0 bridgehead atoms. The van der Waals surface area contributed by atoms with Crippen LogP contribution in [0.3, 0.4) is 0 Å². The molecule has 1 aromatic rings. The van der Waals surface area contributed by atoms with E-state index in [9.17, 15) is 9.90 Å². The van der Waals surface area contributed by atoms with Gasteiger partial charge in [0.25, 0.3) is 0 Å². The molecule has 0 radical (unpaired) electrons. The first-order chi connectivity index (χ1) is 8.82. The van der Waals surface area contributed by atoms with E-state index < -0.39 is 6.10 Å². The Kier molecular flexibility index (Phi) is 5.75. The van der Waals surface area contributed by atoms with Gasteiger partial charge in [0.15, 0.2) is 5.13 Å². The molecule has 1 heterocycles. The number of urea groups is 1. The number of aliphatic hydroxyl groups is 1. The molecule has 2 amide bonds. The van der Waals surface area contributed by atoms with Crippen LogP contribution in [0, 0.1) is 5.41 Å². The molecule has 3 N–H and O–H groups in total. The van der Waals surface area contributed by atoms with Gasteiger partial charge in [-0.3, -0.25) is 5.32 Å². The van der Waals surface area contributed by atoms with Gasteiger partial charge in [-0.15, -0.1) is 11.3 Å². The standard InChI is InChI=1S/C13H23N3O2S/c1-5-6-9-7-15-12(19-9)16-11(18)14-8-10(17)13(2,3)4/h7,10,17H,5-6,8H2,1-4H3,(H2,14,15,16,18). The molecule has 0 aliphatic rings. The van der Waals surface area contributed by atoms with Crippen LogP contribution in [-0.2, 0) is 6.42 Å². The fourth-order valence-electron chi connectivity index (χ4n) is 1.36. The number of hydrogen-bond donors (Lipinski definition) is 3. The molecule has 0 saturated heterocycles. The van der Waals surface area contributed by atoms with Crippen molar-refractivity contribution in [3.8, 4) is 0 Å². The van der Waals surface area contributed by atoms with Gasteiger partial charge in [0.1, 0.15) is 0 Å². The topological polar surface area (TPSA) is 74.2 Å². The van der Waals surface area contributed by atoms with Crippen molar-refractivity contribution < 1.29 is 9.90 Å². The SMILES string of the molecule is CCCc1cnc(NC(=O)NCC(O)C(C)(C)C)s1. The third-order valence-electron chi connectivity index (χ3n) is 2.73. The quantitative estimate of drug-likeness (QED) is 0.778. The predicted molar refractivity (Wildman–Crippen MR) is 78.6 cm³/mol. The normalized spacial score (nSPS) is 13.1. The number of amides is 2. The van der Waals surface area contributed by atoms with E-state index in [-0.39, 0.29) is 18.0 Å². The first-order valence-corrected chi connectivity index (χ1v) is 7.32. The number of aliphatic hydroxyl groups excluding tert-OH is 1. The Hall–Kier alpha value is -1.14. The molecule has 0 saturated carbocycles. The lowest BCUT2D eigenvalue weighted by Crippen LogP contribution is -2.40. The fraction of sp³-hybridized carbons (Fsp3) is 0.692. The lowest BCUT2D eigenvalue weighted by Gasteiger charge is -2.25. The summed E-state index contributed by atoms with van der Waals surface area (Å²) < 4.78 is 0. The molecule has 1 unspecified atom stereocenters. The second-order valence-corrected chi connectivity index (χ2v) is 6.71. The number of thiazole rings is 1. The van der Waals surface area contributed by atoms with Gasteiger partial charge in [0.2, 0.25) is 0 Å². The van der Waals surface area contributed by atoms with Crippen molar-refractivity contribution >= 4 is 22.5 Å². The first-order valence-electron chi connectivity index (χ1n) is 6.50. The van der Waals surface area contributed by atoms with Crippen molar-refractivity contribution in [2.75, 3.05) is 11.9 Å². The van der Waals surface area contributed by atoms with Crippen LogP contribution < -0.4 is 10.6 Å². The summed E-state index contributed by atoms with van der Waals surface area (Å²) in [6.45, 7) is 8.11. The van der Waals surface area contributed by atoms with Crippen LogP contribution in [0.15, 0.2) is 6.20 Å². The minimum atomic E-state index is -0.579. The number of aryl methyl sites for hydroxylation is 1. The Bertz CT molecular complexity index is 412. The van der Waals surface area contributed by atoms with E-state index in [0.717, 1.165) is 17.7 Å². The van der Waals surface area contributed by atoms with Crippen LogP contribution >= 0.6 is 11.3 Å². The van der Waals surface area contributed by atoms with Gasteiger partial charge in [-0.1, -0.05) is 34.1 Å². The Morgan fingerprint density at radius 1 is 1.53 bits per heavy atom. The smallest absolute Gasteiger partial charge is 0.321 e. The first kappa shape index (κ1) is 15.9. The van der Waals surface area contributed by atoms with Crippen molar-refractivity contribution in [2.24, 2.45) is 5.41 Å². The van der Waals surface area contributed by atoms with E-state index in [0.29, 0.717) is 5.13 Å². The van der Waals surface area contributed by atoms with Crippen LogP contribution in [0.2, 0.25) is 0 Å².